The molecule has 2 atom stereocenters. The molecule has 3 aliphatic rings. The molecule has 2 bridgehead atoms. The number of piperidine rings is 1. The summed E-state index contributed by atoms with van der Waals surface area (Å²) in [5.41, 5.74) is 1.38. The molecule has 9 nitrogen and oxygen atoms in total. The molecule has 1 aromatic heterocycles. The third kappa shape index (κ3) is 5.66. The Morgan fingerprint density at radius 2 is 1.59 bits per heavy atom. The van der Waals surface area contributed by atoms with Gasteiger partial charge < -0.3 is 19.9 Å². The minimum Gasteiger partial charge on any atom is -0.468 e. The fraction of sp³-hybridized carbons (Fsp3) is 0.643. The van der Waals surface area contributed by atoms with Crippen molar-refractivity contribution < 1.29 is 14.3 Å². The van der Waals surface area contributed by atoms with Crippen molar-refractivity contribution in [1.82, 2.24) is 19.8 Å². The highest BCUT2D eigenvalue weighted by molar-refractivity contribution is 5.85. The van der Waals surface area contributed by atoms with Crippen LogP contribution in [0.3, 0.4) is 0 Å². The van der Waals surface area contributed by atoms with E-state index in [2.05, 4.69) is 25.3 Å². The van der Waals surface area contributed by atoms with Crippen LogP contribution in [0.2, 0.25) is 0 Å². The summed E-state index contributed by atoms with van der Waals surface area (Å²) in [5.74, 6) is -0.765. The number of carbonyl (C=O) groups excluding carboxylic acids is 2. The maximum Gasteiger partial charge on any atom is 0.325 e. The van der Waals surface area contributed by atoms with Gasteiger partial charge in [0.2, 0.25) is 5.91 Å². The summed E-state index contributed by atoms with van der Waals surface area (Å²) in [7, 11) is 1.27. The number of fused-ring (bicyclic) bond motifs is 3. The van der Waals surface area contributed by atoms with Crippen molar-refractivity contribution in [2.24, 2.45) is 0 Å². The van der Waals surface area contributed by atoms with Crippen LogP contribution in [-0.4, -0.2) is 64.7 Å². The van der Waals surface area contributed by atoms with Crippen LogP contribution in [0.4, 0.5) is 5.82 Å². The van der Waals surface area contributed by atoms with Gasteiger partial charge in [-0.2, -0.15) is 0 Å². The molecule has 2 aromatic rings. The first-order valence-corrected chi connectivity index (χ1v) is 13.9. The number of hydrogen-bond donors (Lipinski definition) is 2. The predicted octanol–water partition coefficient (Wildman–Crippen LogP) is 3.38. The number of aromatic nitrogens is 2. The summed E-state index contributed by atoms with van der Waals surface area (Å²) < 4.78 is 6.48. The molecule has 2 N–H and O–H groups in total. The summed E-state index contributed by atoms with van der Waals surface area (Å²) in [6, 6.07) is 9.58. The molecular formula is C28H39N5O4. The van der Waals surface area contributed by atoms with Gasteiger partial charge in [-0.1, -0.05) is 44.2 Å². The molecule has 5 rings (SSSR count). The molecule has 0 radical (unpaired) electrons. The van der Waals surface area contributed by atoms with Crippen molar-refractivity contribution in [3.05, 3.63) is 34.6 Å². The average molecular weight is 510 g/mol. The number of rotatable bonds is 7. The second-order valence-corrected chi connectivity index (χ2v) is 10.8. The Hall–Kier alpha value is -2.94. The number of hydrogen-bond acceptors (Lipinski definition) is 7. The Morgan fingerprint density at radius 1 is 0.919 bits per heavy atom. The molecule has 3 fully saturated rings. The lowest BCUT2D eigenvalue weighted by molar-refractivity contribution is -0.140. The molecule has 3 heterocycles. The molecule has 0 spiro atoms. The van der Waals surface area contributed by atoms with E-state index in [1.807, 2.05) is 28.8 Å². The first-order chi connectivity index (χ1) is 18.0. The molecule has 2 saturated heterocycles. The molecular weight excluding hydrogens is 470 g/mol. The number of ether oxygens (including phenoxy) is 1. The highest BCUT2D eigenvalue weighted by Gasteiger charge is 2.44. The molecule has 2 aliphatic heterocycles. The topological polar surface area (TPSA) is 106 Å². The molecule has 1 saturated carbocycles. The average Bonchev–Trinajstić information content (AvgIpc) is 3.14. The second kappa shape index (κ2) is 11.6. The number of benzene rings is 1. The van der Waals surface area contributed by atoms with Crippen molar-refractivity contribution in [3.63, 3.8) is 0 Å². The Bertz CT molecular complexity index is 1160. The van der Waals surface area contributed by atoms with Gasteiger partial charge in [-0.25, -0.2) is 4.98 Å². The van der Waals surface area contributed by atoms with Gasteiger partial charge in [0.1, 0.15) is 6.54 Å². The van der Waals surface area contributed by atoms with Crippen LogP contribution in [0.25, 0.3) is 11.0 Å². The zero-order valence-corrected chi connectivity index (χ0v) is 21.8. The third-order valence-electron chi connectivity index (χ3n) is 8.50. The van der Waals surface area contributed by atoms with Gasteiger partial charge in [0.25, 0.3) is 5.56 Å². The van der Waals surface area contributed by atoms with Crippen molar-refractivity contribution in [2.45, 2.75) is 94.8 Å². The van der Waals surface area contributed by atoms with Gasteiger partial charge in [-0.05, 0) is 50.7 Å². The zero-order chi connectivity index (χ0) is 25.8. The van der Waals surface area contributed by atoms with Gasteiger partial charge in [0, 0.05) is 24.2 Å². The van der Waals surface area contributed by atoms with E-state index in [0.717, 1.165) is 23.9 Å². The monoisotopic (exact) mass is 509 g/mol. The van der Waals surface area contributed by atoms with Gasteiger partial charge in [-0.3, -0.25) is 19.3 Å². The van der Waals surface area contributed by atoms with Crippen molar-refractivity contribution >= 4 is 28.7 Å². The van der Waals surface area contributed by atoms with Crippen LogP contribution in [0.15, 0.2) is 29.1 Å². The van der Waals surface area contributed by atoms with E-state index < -0.39 is 11.9 Å². The Balaban J connectivity index is 1.36. The summed E-state index contributed by atoms with van der Waals surface area (Å²) in [4.78, 5) is 44.6. The van der Waals surface area contributed by atoms with Crippen LogP contribution in [-0.2, 0) is 14.3 Å². The first-order valence-electron chi connectivity index (χ1n) is 13.9. The summed E-state index contributed by atoms with van der Waals surface area (Å²) in [6.45, 7) is -0.363. The van der Waals surface area contributed by atoms with Crippen LogP contribution >= 0.6 is 0 Å². The third-order valence-corrected chi connectivity index (χ3v) is 8.50. The molecule has 9 heteroatoms. The summed E-state index contributed by atoms with van der Waals surface area (Å²) in [5, 5.41) is 5.40. The van der Waals surface area contributed by atoms with E-state index in [1.54, 1.807) is 0 Å². The normalized spacial score (nSPS) is 24.8. The lowest BCUT2D eigenvalue weighted by Crippen LogP contribution is -2.50. The minimum atomic E-state index is -0.528. The zero-order valence-electron chi connectivity index (χ0n) is 21.8. The molecule has 1 amide bonds. The highest BCUT2D eigenvalue weighted by atomic mass is 16.5. The number of methoxy groups -OCH3 is 1. The summed E-state index contributed by atoms with van der Waals surface area (Å²) >= 11 is 0. The number of nitrogens with one attached hydrogen (secondary N) is 2. The lowest BCUT2D eigenvalue weighted by atomic mass is 9.89. The maximum absolute atomic E-state index is 13.7. The molecule has 1 aromatic carbocycles. The van der Waals surface area contributed by atoms with Crippen molar-refractivity contribution in [1.29, 1.82) is 0 Å². The van der Waals surface area contributed by atoms with Crippen LogP contribution in [0, 0.1) is 0 Å². The minimum absolute atomic E-state index is 0.108. The molecule has 37 heavy (non-hydrogen) atoms. The van der Waals surface area contributed by atoms with Crippen LogP contribution in [0.1, 0.15) is 76.7 Å². The fourth-order valence-electron chi connectivity index (χ4n) is 6.83. The van der Waals surface area contributed by atoms with E-state index in [4.69, 9.17) is 0 Å². The van der Waals surface area contributed by atoms with Gasteiger partial charge in [-0.15, -0.1) is 0 Å². The largest absolute Gasteiger partial charge is 0.468 e. The van der Waals surface area contributed by atoms with E-state index in [0.29, 0.717) is 18.1 Å². The number of nitrogens with zero attached hydrogens (tertiary/aromatic N) is 3. The maximum atomic E-state index is 13.7. The standard InChI is InChI=1S/C28H39N5O4/c1-37-26(35)18-29-25(34)17-30-27-28(36)33(24-12-8-7-11-23(24)31-27)22-15-20-13-14-21(16-22)32(20)19-9-5-3-2-4-6-10-19/h7-8,11-12,19-22H,2-6,9-10,13-18H2,1H3,(H,29,34)(H,30,31). The molecule has 200 valence electrons. The fourth-order valence-corrected chi connectivity index (χ4v) is 6.83. The number of esters is 1. The van der Waals surface area contributed by atoms with Gasteiger partial charge in [0.05, 0.1) is 24.7 Å². The van der Waals surface area contributed by atoms with E-state index in [9.17, 15) is 14.4 Å². The number of anilines is 1. The molecule has 2 unspecified atom stereocenters. The van der Waals surface area contributed by atoms with Crippen LogP contribution < -0.4 is 16.2 Å². The summed E-state index contributed by atoms with van der Waals surface area (Å²) in [6.07, 6.45) is 13.7. The Kier molecular flexibility index (Phi) is 8.08. The van der Waals surface area contributed by atoms with Gasteiger partial charge in [0.15, 0.2) is 5.82 Å². The van der Waals surface area contributed by atoms with Crippen LogP contribution in [0.5, 0.6) is 0 Å². The van der Waals surface area contributed by atoms with E-state index >= 15 is 0 Å². The van der Waals surface area contributed by atoms with E-state index in [-0.39, 0.29) is 30.5 Å². The first kappa shape index (κ1) is 25.7. The van der Waals surface area contributed by atoms with Crippen molar-refractivity contribution in [2.75, 3.05) is 25.5 Å². The van der Waals surface area contributed by atoms with Gasteiger partial charge >= 0.3 is 5.97 Å². The SMILES string of the molecule is COC(=O)CNC(=O)CNc1nc2ccccc2n(C2CC3CCC(C2)N3C2CCCCCCC2)c1=O. The Labute approximate surface area is 218 Å². The highest BCUT2D eigenvalue weighted by Crippen LogP contribution is 2.44. The molecule has 1 aliphatic carbocycles. The van der Waals surface area contributed by atoms with Crippen molar-refractivity contribution in [3.8, 4) is 0 Å². The number of para-hydroxylation sites is 2. The van der Waals surface area contributed by atoms with E-state index in [1.165, 1.54) is 64.9 Å². The lowest BCUT2D eigenvalue weighted by Gasteiger charge is -2.45. The second-order valence-electron chi connectivity index (χ2n) is 10.8. The Morgan fingerprint density at radius 3 is 2.30 bits per heavy atom. The smallest absolute Gasteiger partial charge is 0.325 e. The quantitative estimate of drug-likeness (QED) is 0.551. The number of amides is 1. The predicted molar refractivity (Wildman–Crippen MR) is 143 cm³/mol. The number of carbonyl (C=O) groups is 2.